The van der Waals surface area contributed by atoms with Crippen molar-refractivity contribution in [3.05, 3.63) is 65.2 Å². The smallest absolute Gasteiger partial charge is 0.316 e. The molecule has 0 aromatic heterocycles. The van der Waals surface area contributed by atoms with Crippen LogP contribution in [0.15, 0.2) is 54.6 Å². The summed E-state index contributed by atoms with van der Waals surface area (Å²) >= 11 is 6.19. The van der Waals surface area contributed by atoms with Crippen LogP contribution < -0.4 is 14.5 Å². The molecule has 0 spiro atoms. The quantitative estimate of drug-likeness (QED) is 0.286. The highest BCUT2D eigenvalue weighted by molar-refractivity contribution is 6.31. The maximum absolute atomic E-state index is 12.9. The van der Waals surface area contributed by atoms with Gasteiger partial charge in [-0.25, -0.2) is 4.90 Å². The van der Waals surface area contributed by atoms with E-state index >= 15 is 0 Å². The second-order valence-electron chi connectivity index (χ2n) is 8.88. The number of hydrogen-bond donors (Lipinski definition) is 0. The Balaban J connectivity index is 1.30. The van der Waals surface area contributed by atoms with E-state index in [0.29, 0.717) is 29.2 Å². The molecule has 7 nitrogen and oxygen atoms in total. The lowest BCUT2D eigenvalue weighted by atomic mass is 9.85. The molecule has 2 heterocycles. The Hall–Kier alpha value is -3.45. The van der Waals surface area contributed by atoms with Crippen molar-refractivity contribution in [2.45, 2.75) is 26.2 Å². The van der Waals surface area contributed by atoms with Gasteiger partial charge in [0, 0.05) is 29.7 Å². The van der Waals surface area contributed by atoms with Crippen molar-refractivity contribution < 1.29 is 23.9 Å². The summed E-state index contributed by atoms with van der Waals surface area (Å²) in [4.78, 5) is 54.0. The summed E-state index contributed by atoms with van der Waals surface area (Å²) in [6, 6.07) is 11.7. The van der Waals surface area contributed by atoms with E-state index in [0.717, 1.165) is 5.56 Å². The number of amides is 3. The molecule has 2 saturated heterocycles. The van der Waals surface area contributed by atoms with Crippen LogP contribution in [-0.4, -0.2) is 30.2 Å². The number of anilines is 2. The Morgan fingerprint density at radius 1 is 1.00 bits per heavy atom. The summed E-state index contributed by atoms with van der Waals surface area (Å²) in [5.41, 5.74) is 1.83. The van der Waals surface area contributed by atoms with Crippen LogP contribution in [0.3, 0.4) is 0 Å². The molecule has 1 aliphatic carbocycles. The van der Waals surface area contributed by atoms with Crippen molar-refractivity contribution in [1.82, 2.24) is 0 Å². The molecule has 2 fully saturated rings. The van der Waals surface area contributed by atoms with Crippen molar-refractivity contribution in [1.29, 1.82) is 0 Å². The molecule has 2 aromatic carbocycles. The zero-order valence-electron chi connectivity index (χ0n) is 18.6. The summed E-state index contributed by atoms with van der Waals surface area (Å²) in [5, 5.41) is 0.551. The van der Waals surface area contributed by atoms with Crippen LogP contribution in [0.4, 0.5) is 11.4 Å². The number of rotatable bonds is 4. The maximum Gasteiger partial charge on any atom is 0.316 e. The van der Waals surface area contributed by atoms with Gasteiger partial charge in [0.15, 0.2) is 0 Å². The number of nitrogens with zero attached hydrogens (tertiary/aromatic N) is 2. The molecule has 2 aliphatic heterocycles. The number of carbonyl (C=O) groups excluding carboxylic acids is 4. The maximum atomic E-state index is 12.9. The Morgan fingerprint density at radius 2 is 1.68 bits per heavy atom. The molecule has 0 unspecified atom stereocenters. The zero-order chi connectivity index (χ0) is 24.0. The lowest BCUT2D eigenvalue weighted by Gasteiger charge is -2.19. The molecule has 0 saturated carbocycles. The average molecular weight is 479 g/mol. The fourth-order valence-electron chi connectivity index (χ4n) is 4.93. The van der Waals surface area contributed by atoms with E-state index in [1.807, 2.05) is 19.1 Å². The molecule has 0 N–H and O–H groups in total. The normalized spacial score (nSPS) is 24.1. The number of imide groups is 1. The Bertz CT molecular complexity index is 1210. The van der Waals surface area contributed by atoms with E-state index in [9.17, 15) is 19.2 Å². The van der Waals surface area contributed by atoms with Gasteiger partial charge in [-0.15, -0.1) is 0 Å². The molecule has 3 atom stereocenters. The minimum Gasteiger partial charge on any atom is -0.426 e. The third kappa shape index (κ3) is 3.80. The summed E-state index contributed by atoms with van der Waals surface area (Å²) in [6.45, 7) is 2.02. The van der Waals surface area contributed by atoms with E-state index in [4.69, 9.17) is 16.3 Å². The van der Waals surface area contributed by atoms with Gasteiger partial charge >= 0.3 is 5.97 Å². The molecule has 2 aromatic rings. The van der Waals surface area contributed by atoms with Crippen molar-refractivity contribution >= 4 is 46.7 Å². The number of fused-ring (bicyclic) bond motifs is 1. The molecule has 5 rings (SSSR count). The van der Waals surface area contributed by atoms with Crippen LogP contribution in [-0.2, 0) is 19.2 Å². The minimum atomic E-state index is -0.640. The van der Waals surface area contributed by atoms with E-state index in [1.54, 1.807) is 41.3 Å². The number of benzene rings is 2. The van der Waals surface area contributed by atoms with Gasteiger partial charge in [-0.1, -0.05) is 35.9 Å². The van der Waals surface area contributed by atoms with Gasteiger partial charge in [-0.3, -0.25) is 19.2 Å². The molecule has 3 amide bonds. The van der Waals surface area contributed by atoms with Gasteiger partial charge in [0.25, 0.3) is 0 Å². The lowest BCUT2D eigenvalue weighted by molar-refractivity contribution is -0.139. The average Bonchev–Trinajstić information content (AvgIpc) is 3.33. The highest BCUT2D eigenvalue weighted by Crippen LogP contribution is 2.38. The largest absolute Gasteiger partial charge is 0.426 e. The Morgan fingerprint density at radius 3 is 2.38 bits per heavy atom. The third-order valence-corrected chi connectivity index (χ3v) is 7.20. The van der Waals surface area contributed by atoms with Gasteiger partial charge in [-0.2, -0.15) is 0 Å². The monoisotopic (exact) mass is 478 g/mol. The molecule has 34 heavy (non-hydrogen) atoms. The third-order valence-electron chi connectivity index (χ3n) is 6.79. The first-order chi connectivity index (χ1) is 16.3. The summed E-state index contributed by atoms with van der Waals surface area (Å²) in [5.74, 6) is -2.26. The minimum absolute atomic E-state index is 0.0317. The molecule has 3 aliphatic rings. The first-order valence-corrected chi connectivity index (χ1v) is 11.6. The number of allylic oxidation sites excluding steroid dienone is 2. The number of carbonyl (C=O) groups is 4. The van der Waals surface area contributed by atoms with Crippen molar-refractivity contribution in [2.24, 2.45) is 17.8 Å². The van der Waals surface area contributed by atoms with E-state index in [2.05, 4.69) is 0 Å². The molecule has 0 radical (unpaired) electrons. The van der Waals surface area contributed by atoms with Gasteiger partial charge in [0.1, 0.15) is 5.75 Å². The highest BCUT2D eigenvalue weighted by atomic mass is 35.5. The number of esters is 1. The van der Waals surface area contributed by atoms with Crippen LogP contribution >= 0.6 is 11.6 Å². The van der Waals surface area contributed by atoms with Crippen molar-refractivity contribution in [3.8, 4) is 5.75 Å². The topological polar surface area (TPSA) is 84.0 Å². The standard InChI is InChI=1S/C26H23ClN2O5/c1-15-21(27)10-5-11-22(15)28-14-16(12-23(28)30)26(33)34-18-7-4-6-17(13-18)29-24(31)19-8-2-3-9-20(19)25(29)32/h2-7,10-11,13,16,19-20H,8-9,12,14H2,1H3/t16-,19-,20+/m0/s1. The summed E-state index contributed by atoms with van der Waals surface area (Å²) < 4.78 is 5.57. The number of halogens is 1. The van der Waals surface area contributed by atoms with Gasteiger partial charge in [-0.05, 0) is 49.6 Å². The summed E-state index contributed by atoms with van der Waals surface area (Å²) in [6.07, 6.45) is 5.01. The van der Waals surface area contributed by atoms with Crippen LogP contribution in [0.2, 0.25) is 5.02 Å². The molecular formula is C26H23ClN2O5. The first-order valence-electron chi connectivity index (χ1n) is 11.2. The molecular weight excluding hydrogens is 456 g/mol. The van der Waals surface area contributed by atoms with Crippen LogP contribution in [0.25, 0.3) is 0 Å². The predicted molar refractivity (Wildman–Crippen MR) is 127 cm³/mol. The molecule has 8 heteroatoms. The first kappa shape index (κ1) is 22.3. The lowest BCUT2D eigenvalue weighted by Crippen LogP contribution is -2.31. The van der Waals surface area contributed by atoms with E-state index in [-0.39, 0.29) is 48.3 Å². The molecule has 174 valence electrons. The van der Waals surface area contributed by atoms with Crippen LogP contribution in [0.1, 0.15) is 24.8 Å². The highest BCUT2D eigenvalue weighted by Gasteiger charge is 2.48. The SMILES string of the molecule is Cc1c(Cl)cccc1N1C[C@@H](C(=O)Oc2cccc(N3C(=O)[C@H]4CC=CC[C@H]4C3=O)c2)CC1=O. The predicted octanol–water partition coefficient (Wildman–Crippen LogP) is 4.06. The number of ether oxygens (including phenoxy) is 1. The molecule has 0 bridgehead atoms. The number of hydrogen-bond acceptors (Lipinski definition) is 5. The van der Waals surface area contributed by atoms with Crippen LogP contribution in [0.5, 0.6) is 5.75 Å². The van der Waals surface area contributed by atoms with Gasteiger partial charge in [0.05, 0.1) is 23.4 Å². The van der Waals surface area contributed by atoms with Crippen LogP contribution in [0, 0.1) is 24.7 Å². The fraction of sp³-hybridized carbons (Fsp3) is 0.308. The Labute approximate surface area is 201 Å². The summed E-state index contributed by atoms with van der Waals surface area (Å²) in [7, 11) is 0. The zero-order valence-corrected chi connectivity index (χ0v) is 19.3. The second-order valence-corrected chi connectivity index (χ2v) is 9.28. The van der Waals surface area contributed by atoms with Gasteiger partial charge in [0.2, 0.25) is 17.7 Å². The van der Waals surface area contributed by atoms with E-state index in [1.165, 1.54) is 11.0 Å². The Kier molecular flexibility index (Phi) is 5.73. The van der Waals surface area contributed by atoms with Crippen molar-refractivity contribution in [3.63, 3.8) is 0 Å². The second kappa shape index (κ2) is 8.72. The van der Waals surface area contributed by atoms with Gasteiger partial charge < -0.3 is 9.64 Å². The fourth-order valence-corrected chi connectivity index (χ4v) is 5.10. The van der Waals surface area contributed by atoms with Crippen molar-refractivity contribution in [2.75, 3.05) is 16.3 Å². The van der Waals surface area contributed by atoms with E-state index < -0.39 is 11.9 Å².